The summed E-state index contributed by atoms with van der Waals surface area (Å²) in [5.41, 5.74) is 3.03. The minimum Gasteiger partial charge on any atom is -0.497 e. The Morgan fingerprint density at radius 3 is 2.90 bits per heavy atom. The molecule has 2 atom stereocenters. The fourth-order valence-electron chi connectivity index (χ4n) is 4.09. The highest BCUT2D eigenvalue weighted by molar-refractivity contribution is 5.39. The fraction of sp³-hybridized carbons (Fsp3) is 0.667. The van der Waals surface area contributed by atoms with Gasteiger partial charge in [-0.15, -0.1) is 0 Å². The number of likely N-dealkylation sites (N-methyl/N-ethyl adjacent to an activating group) is 1. The minimum absolute atomic E-state index is 0.592. The van der Waals surface area contributed by atoms with Crippen molar-refractivity contribution < 1.29 is 4.74 Å². The molecular formula is C18H28N2O. The van der Waals surface area contributed by atoms with Crippen LogP contribution >= 0.6 is 0 Å². The summed E-state index contributed by atoms with van der Waals surface area (Å²) in [6, 6.07) is 7.96. The van der Waals surface area contributed by atoms with Crippen LogP contribution in [0.25, 0.3) is 0 Å². The Hall–Kier alpha value is -1.06. The van der Waals surface area contributed by atoms with E-state index in [1.54, 1.807) is 7.11 Å². The molecule has 3 nitrogen and oxygen atoms in total. The normalized spacial score (nSPS) is 25.7. The lowest BCUT2D eigenvalue weighted by Gasteiger charge is -2.42. The van der Waals surface area contributed by atoms with E-state index in [2.05, 4.69) is 35.3 Å². The molecule has 1 aliphatic heterocycles. The zero-order chi connectivity index (χ0) is 14.7. The molecule has 21 heavy (non-hydrogen) atoms. The first-order valence-electron chi connectivity index (χ1n) is 8.46. The van der Waals surface area contributed by atoms with Crippen molar-refractivity contribution in [3.8, 4) is 5.75 Å². The molecule has 1 aliphatic carbocycles. The molecule has 0 bridgehead atoms. The van der Waals surface area contributed by atoms with Crippen LogP contribution < -0.4 is 10.1 Å². The number of nitrogens with one attached hydrogen (secondary N) is 1. The second-order valence-electron chi connectivity index (χ2n) is 6.30. The predicted molar refractivity (Wildman–Crippen MR) is 86.9 cm³/mol. The van der Waals surface area contributed by atoms with Gasteiger partial charge in [0, 0.05) is 18.6 Å². The SMILES string of the molecule is CCN(C1CCCNC1)C1CCCc2cc(OC)ccc21. The molecule has 0 saturated carbocycles. The Balaban J connectivity index is 1.85. The van der Waals surface area contributed by atoms with Gasteiger partial charge in [0.15, 0.2) is 0 Å². The van der Waals surface area contributed by atoms with E-state index in [-0.39, 0.29) is 0 Å². The number of nitrogens with zero attached hydrogens (tertiary/aromatic N) is 1. The molecule has 3 rings (SSSR count). The van der Waals surface area contributed by atoms with Crippen molar-refractivity contribution in [2.24, 2.45) is 0 Å². The summed E-state index contributed by atoms with van der Waals surface area (Å²) >= 11 is 0. The maximum absolute atomic E-state index is 5.40. The van der Waals surface area contributed by atoms with Gasteiger partial charge in [-0.1, -0.05) is 13.0 Å². The van der Waals surface area contributed by atoms with Gasteiger partial charge in [-0.05, 0) is 68.5 Å². The molecule has 1 aromatic carbocycles. The Kier molecular flexibility index (Phi) is 4.81. The lowest BCUT2D eigenvalue weighted by molar-refractivity contribution is 0.107. The maximum atomic E-state index is 5.40. The van der Waals surface area contributed by atoms with Crippen molar-refractivity contribution >= 4 is 0 Å². The van der Waals surface area contributed by atoms with Crippen LogP contribution in [-0.2, 0) is 6.42 Å². The average Bonchev–Trinajstić information content (AvgIpc) is 2.56. The van der Waals surface area contributed by atoms with E-state index in [0.29, 0.717) is 12.1 Å². The Morgan fingerprint density at radius 1 is 1.29 bits per heavy atom. The third kappa shape index (κ3) is 3.09. The summed E-state index contributed by atoms with van der Waals surface area (Å²) in [5.74, 6) is 0.997. The lowest BCUT2D eigenvalue weighted by atomic mass is 9.85. The van der Waals surface area contributed by atoms with Crippen molar-refractivity contribution in [3.05, 3.63) is 29.3 Å². The number of aryl methyl sites for hydroxylation is 1. The van der Waals surface area contributed by atoms with E-state index >= 15 is 0 Å². The van der Waals surface area contributed by atoms with Crippen molar-refractivity contribution in [2.45, 2.75) is 51.1 Å². The first-order chi connectivity index (χ1) is 10.3. The van der Waals surface area contributed by atoms with Crippen LogP contribution in [0.5, 0.6) is 5.75 Å². The quantitative estimate of drug-likeness (QED) is 0.921. The number of ether oxygens (including phenoxy) is 1. The first-order valence-corrected chi connectivity index (χ1v) is 8.46. The molecule has 0 radical (unpaired) electrons. The highest BCUT2D eigenvalue weighted by Crippen LogP contribution is 2.37. The summed E-state index contributed by atoms with van der Waals surface area (Å²) in [6.45, 7) is 5.79. The van der Waals surface area contributed by atoms with Gasteiger partial charge in [0.2, 0.25) is 0 Å². The van der Waals surface area contributed by atoms with Gasteiger partial charge >= 0.3 is 0 Å². The Bertz CT molecular complexity index is 468. The number of rotatable bonds is 4. The number of piperidine rings is 1. The number of hydrogen-bond acceptors (Lipinski definition) is 3. The molecule has 116 valence electrons. The Labute approximate surface area is 128 Å². The predicted octanol–water partition coefficient (Wildman–Crippen LogP) is 3.15. The molecule has 2 unspecified atom stereocenters. The summed E-state index contributed by atoms with van der Waals surface area (Å²) in [4.78, 5) is 2.73. The topological polar surface area (TPSA) is 24.5 Å². The maximum Gasteiger partial charge on any atom is 0.119 e. The molecule has 3 heteroatoms. The number of hydrogen-bond donors (Lipinski definition) is 1. The molecule has 1 saturated heterocycles. The van der Waals surface area contributed by atoms with Gasteiger partial charge in [0.05, 0.1) is 7.11 Å². The zero-order valence-electron chi connectivity index (χ0n) is 13.4. The van der Waals surface area contributed by atoms with Crippen LogP contribution in [0.1, 0.15) is 49.8 Å². The number of benzene rings is 1. The standard InChI is InChI=1S/C18H28N2O/c1-3-20(15-7-5-11-19-13-15)18-8-4-6-14-12-16(21-2)9-10-17(14)18/h9-10,12,15,18-19H,3-8,11,13H2,1-2H3. The molecular weight excluding hydrogens is 260 g/mol. The lowest BCUT2D eigenvalue weighted by Crippen LogP contribution is -2.48. The molecule has 1 aromatic rings. The zero-order valence-corrected chi connectivity index (χ0v) is 13.4. The molecule has 1 fully saturated rings. The van der Waals surface area contributed by atoms with Crippen LogP contribution in [0.3, 0.4) is 0 Å². The molecule has 1 heterocycles. The van der Waals surface area contributed by atoms with E-state index < -0.39 is 0 Å². The molecule has 0 amide bonds. The van der Waals surface area contributed by atoms with Crippen LogP contribution in [0.15, 0.2) is 18.2 Å². The largest absolute Gasteiger partial charge is 0.497 e. The number of fused-ring (bicyclic) bond motifs is 1. The third-order valence-electron chi connectivity index (χ3n) is 5.14. The van der Waals surface area contributed by atoms with Crippen LogP contribution in [-0.4, -0.2) is 37.7 Å². The molecule has 2 aliphatic rings. The fourth-order valence-corrected chi connectivity index (χ4v) is 4.09. The number of methoxy groups -OCH3 is 1. The van der Waals surface area contributed by atoms with E-state index in [1.807, 2.05) is 0 Å². The van der Waals surface area contributed by atoms with Crippen LogP contribution in [0, 0.1) is 0 Å². The smallest absolute Gasteiger partial charge is 0.119 e. The van der Waals surface area contributed by atoms with E-state index in [9.17, 15) is 0 Å². The summed E-state index contributed by atoms with van der Waals surface area (Å²) in [6.07, 6.45) is 6.43. The van der Waals surface area contributed by atoms with E-state index in [4.69, 9.17) is 4.74 Å². The molecule has 0 aromatic heterocycles. The summed E-state index contributed by atoms with van der Waals surface area (Å²) < 4.78 is 5.40. The Morgan fingerprint density at radius 2 is 2.19 bits per heavy atom. The monoisotopic (exact) mass is 288 g/mol. The summed E-state index contributed by atoms with van der Waals surface area (Å²) in [5, 5.41) is 3.57. The molecule has 1 N–H and O–H groups in total. The van der Waals surface area contributed by atoms with Crippen molar-refractivity contribution in [1.29, 1.82) is 0 Å². The van der Waals surface area contributed by atoms with E-state index in [1.165, 1.54) is 49.8 Å². The summed E-state index contributed by atoms with van der Waals surface area (Å²) in [7, 11) is 1.76. The highest BCUT2D eigenvalue weighted by atomic mass is 16.5. The average molecular weight is 288 g/mol. The van der Waals surface area contributed by atoms with Crippen molar-refractivity contribution in [3.63, 3.8) is 0 Å². The van der Waals surface area contributed by atoms with Gasteiger partial charge in [-0.25, -0.2) is 0 Å². The third-order valence-corrected chi connectivity index (χ3v) is 5.14. The van der Waals surface area contributed by atoms with Gasteiger partial charge < -0.3 is 10.1 Å². The van der Waals surface area contributed by atoms with Crippen molar-refractivity contribution in [1.82, 2.24) is 10.2 Å². The van der Waals surface area contributed by atoms with Crippen molar-refractivity contribution in [2.75, 3.05) is 26.7 Å². The van der Waals surface area contributed by atoms with Gasteiger partial charge in [0.1, 0.15) is 5.75 Å². The second-order valence-corrected chi connectivity index (χ2v) is 6.30. The van der Waals surface area contributed by atoms with Gasteiger partial charge in [-0.2, -0.15) is 0 Å². The van der Waals surface area contributed by atoms with Gasteiger partial charge in [-0.3, -0.25) is 4.90 Å². The van der Waals surface area contributed by atoms with Gasteiger partial charge in [0.25, 0.3) is 0 Å². The van der Waals surface area contributed by atoms with Crippen LogP contribution in [0.2, 0.25) is 0 Å². The highest BCUT2D eigenvalue weighted by Gasteiger charge is 2.30. The minimum atomic E-state index is 0.592. The second kappa shape index (κ2) is 6.80. The van der Waals surface area contributed by atoms with Crippen LogP contribution in [0.4, 0.5) is 0 Å². The molecule has 0 spiro atoms. The first kappa shape index (κ1) is 14.9. The van der Waals surface area contributed by atoms with E-state index in [0.717, 1.165) is 18.8 Å².